The van der Waals surface area contributed by atoms with Crippen molar-refractivity contribution in [3.8, 4) is 11.5 Å². The summed E-state index contributed by atoms with van der Waals surface area (Å²) in [5.41, 5.74) is 3.87. The van der Waals surface area contributed by atoms with E-state index >= 15 is 0 Å². The number of carbonyl (C=O) groups is 1. The van der Waals surface area contributed by atoms with Gasteiger partial charge in [-0.05, 0) is 48.2 Å². The molecular formula is C32H33NO3. The summed E-state index contributed by atoms with van der Waals surface area (Å²) in [6.45, 7) is 4.92. The van der Waals surface area contributed by atoms with E-state index in [2.05, 4.69) is 24.4 Å². The largest absolute Gasteiger partial charge is 0.485 e. The van der Waals surface area contributed by atoms with Crippen molar-refractivity contribution in [3.63, 3.8) is 0 Å². The van der Waals surface area contributed by atoms with Gasteiger partial charge >= 0.3 is 0 Å². The highest BCUT2D eigenvalue weighted by Crippen LogP contribution is 2.31. The maximum atomic E-state index is 13.5. The maximum absolute atomic E-state index is 13.5. The molecule has 4 aromatic carbocycles. The molecule has 184 valence electrons. The Labute approximate surface area is 213 Å². The Morgan fingerprint density at radius 1 is 0.722 bits per heavy atom. The van der Waals surface area contributed by atoms with E-state index in [9.17, 15) is 4.79 Å². The number of rotatable bonds is 12. The van der Waals surface area contributed by atoms with Crippen LogP contribution in [-0.4, -0.2) is 11.8 Å². The van der Waals surface area contributed by atoms with Crippen molar-refractivity contribution in [2.24, 2.45) is 0 Å². The second-order valence-electron chi connectivity index (χ2n) is 8.83. The fourth-order valence-corrected chi connectivity index (χ4v) is 4.08. The SMILES string of the molecule is CC[C@@H](N[C@H](C)c1ccccc1)C(=O)c1ccc(OCc2ccccc2)c(OCc2ccccc2)c1. The Morgan fingerprint density at radius 3 is 1.81 bits per heavy atom. The lowest BCUT2D eigenvalue weighted by Gasteiger charge is -2.22. The second-order valence-corrected chi connectivity index (χ2v) is 8.83. The molecule has 36 heavy (non-hydrogen) atoms. The molecule has 4 nitrogen and oxygen atoms in total. The molecule has 0 aliphatic rings. The summed E-state index contributed by atoms with van der Waals surface area (Å²) in [7, 11) is 0. The first-order valence-electron chi connectivity index (χ1n) is 12.5. The van der Waals surface area contributed by atoms with Gasteiger partial charge in [-0.2, -0.15) is 0 Å². The van der Waals surface area contributed by atoms with E-state index < -0.39 is 0 Å². The first kappa shape index (κ1) is 25.2. The minimum Gasteiger partial charge on any atom is -0.485 e. The van der Waals surface area contributed by atoms with Crippen LogP contribution in [0.15, 0.2) is 109 Å². The Morgan fingerprint density at radius 2 is 1.25 bits per heavy atom. The molecule has 0 aliphatic carbocycles. The van der Waals surface area contributed by atoms with E-state index in [0.29, 0.717) is 36.7 Å². The first-order chi connectivity index (χ1) is 17.6. The molecule has 4 heteroatoms. The summed E-state index contributed by atoms with van der Waals surface area (Å²) in [6.07, 6.45) is 0.683. The van der Waals surface area contributed by atoms with Gasteiger partial charge in [-0.15, -0.1) is 0 Å². The quantitative estimate of drug-likeness (QED) is 0.219. The number of benzene rings is 4. The van der Waals surface area contributed by atoms with E-state index in [1.54, 1.807) is 0 Å². The fourth-order valence-electron chi connectivity index (χ4n) is 4.08. The Kier molecular flexibility index (Phi) is 8.90. The molecular weight excluding hydrogens is 446 g/mol. The zero-order valence-electron chi connectivity index (χ0n) is 20.9. The van der Waals surface area contributed by atoms with Crippen LogP contribution in [0, 0.1) is 0 Å². The van der Waals surface area contributed by atoms with Crippen molar-refractivity contribution in [1.29, 1.82) is 0 Å². The lowest BCUT2D eigenvalue weighted by molar-refractivity contribution is 0.0933. The van der Waals surface area contributed by atoms with Crippen LogP contribution in [0.3, 0.4) is 0 Å². The van der Waals surface area contributed by atoms with Gasteiger partial charge in [0, 0.05) is 11.6 Å². The van der Waals surface area contributed by atoms with Crippen molar-refractivity contribution >= 4 is 5.78 Å². The third kappa shape index (κ3) is 6.83. The van der Waals surface area contributed by atoms with Crippen LogP contribution in [0.4, 0.5) is 0 Å². The van der Waals surface area contributed by atoms with Gasteiger partial charge in [-0.3, -0.25) is 4.79 Å². The van der Waals surface area contributed by atoms with E-state index in [1.807, 2.05) is 104 Å². The molecule has 0 fully saturated rings. The smallest absolute Gasteiger partial charge is 0.179 e. The summed E-state index contributed by atoms with van der Waals surface area (Å²) in [4.78, 5) is 13.5. The summed E-state index contributed by atoms with van der Waals surface area (Å²) in [5, 5.41) is 3.50. The van der Waals surface area contributed by atoms with Gasteiger partial charge in [0.1, 0.15) is 13.2 Å². The minimum absolute atomic E-state index is 0.0412. The number of ether oxygens (including phenoxy) is 2. The standard InChI is InChI=1S/C32H33NO3/c1-3-29(33-24(2)27-17-11-6-12-18-27)32(34)28-19-20-30(35-22-25-13-7-4-8-14-25)31(21-28)36-23-26-15-9-5-10-16-26/h4-21,24,29,33H,3,22-23H2,1-2H3/t24-,29-/m1/s1. The van der Waals surface area contributed by atoms with Crippen molar-refractivity contribution in [1.82, 2.24) is 5.32 Å². The molecule has 2 atom stereocenters. The summed E-state index contributed by atoms with van der Waals surface area (Å²) >= 11 is 0. The molecule has 4 rings (SSSR count). The molecule has 0 amide bonds. The fraction of sp³-hybridized carbons (Fsp3) is 0.219. The van der Waals surface area contributed by atoms with Crippen molar-refractivity contribution in [3.05, 3.63) is 131 Å². The van der Waals surface area contributed by atoms with E-state index in [0.717, 1.165) is 16.7 Å². The number of carbonyl (C=O) groups excluding carboxylic acids is 1. The Balaban J connectivity index is 1.53. The van der Waals surface area contributed by atoms with Gasteiger partial charge in [0.05, 0.1) is 6.04 Å². The van der Waals surface area contributed by atoms with Crippen LogP contribution in [0.1, 0.15) is 53.4 Å². The lowest BCUT2D eigenvalue weighted by Crippen LogP contribution is -2.37. The number of hydrogen-bond donors (Lipinski definition) is 1. The summed E-state index contributed by atoms with van der Waals surface area (Å²) in [6, 6.07) is 35.4. The highest BCUT2D eigenvalue weighted by atomic mass is 16.5. The zero-order chi connectivity index (χ0) is 25.2. The van der Waals surface area contributed by atoms with Crippen LogP contribution < -0.4 is 14.8 Å². The van der Waals surface area contributed by atoms with Crippen molar-refractivity contribution < 1.29 is 14.3 Å². The van der Waals surface area contributed by atoms with E-state index in [4.69, 9.17) is 9.47 Å². The van der Waals surface area contributed by atoms with E-state index in [1.165, 1.54) is 0 Å². The molecule has 0 aromatic heterocycles. The normalized spacial score (nSPS) is 12.5. The van der Waals surface area contributed by atoms with Crippen LogP contribution in [0.2, 0.25) is 0 Å². The molecule has 4 aromatic rings. The topological polar surface area (TPSA) is 47.6 Å². The molecule has 0 aliphatic heterocycles. The van der Waals surface area contributed by atoms with Gasteiger partial charge in [-0.25, -0.2) is 0 Å². The van der Waals surface area contributed by atoms with Gasteiger partial charge < -0.3 is 14.8 Å². The number of hydrogen-bond acceptors (Lipinski definition) is 4. The molecule has 0 spiro atoms. The predicted molar refractivity (Wildman–Crippen MR) is 144 cm³/mol. The van der Waals surface area contributed by atoms with Crippen LogP contribution in [0.5, 0.6) is 11.5 Å². The number of nitrogens with one attached hydrogen (secondary N) is 1. The highest BCUT2D eigenvalue weighted by Gasteiger charge is 2.22. The average Bonchev–Trinajstić information content (AvgIpc) is 2.95. The maximum Gasteiger partial charge on any atom is 0.179 e. The molecule has 0 saturated heterocycles. The second kappa shape index (κ2) is 12.7. The predicted octanol–water partition coefficient (Wildman–Crippen LogP) is 7.16. The Bertz CT molecular complexity index is 1230. The van der Waals surface area contributed by atoms with Gasteiger partial charge in [0.15, 0.2) is 17.3 Å². The van der Waals surface area contributed by atoms with E-state index in [-0.39, 0.29) is 17.9 Å². The van der Waals surface area contributed by atoms with Gasteiger partial charge in [0.2, 0.25) is 0 Å². The van der Waals surface area contributed by atoms with Crippen LogP contribution in [0.25, 0.3) is 0 Å². The molecule has 0 bridgehead atoms. The van der Waals surface area contributed by atoms with Crippen molar-refractivity contribution in [2.45, 2.75) is 45.6 Å². The van der Waals surface area contributed by atoms with Crippen LogP contribution >= 0.6 is 0 Å². The highest BCUT2D eigenvalue weighted by molar-refractivity contribution is 6.00. The third-order valence-electron chi connectivity index (χ3n) is 6.18. The third-order valence-corrected chi connectivity index (χ3v) is 6.18. The minimum atomic E-state index is -0.307. The summed E-state index contributed by atoms with van der Waals surface area (Å²) in [5.74, 6) is 1.22. The zero-order valence-corrected chi connectivity index (χ0v) is 20.9. The molecule has 0 saturated carbocycles. The molecule has 0 radical (unpaired) electrons. The van der Waals surface area contributed by atoms with Gasteiger partial charge in [0.25, 0.3) is 0 Å². The lowest BCUT2D eigenvalue weighted by atomic mass is 9.99. The summed E-state index contributed by atoms with van der Waals surface area (Å²) < 4.78 is 12.3. The Hall–Kier alpha value is -3.89. The van der Waals surface area contributed by atoms with Crippen molar-refractivity contribution in [2.75, 3.05) is 0 Å². The van der Waals surface area contributed by atoms with Gasteiger partial charge in [-0.1, -0.05) is 97.9 Å². The van der Waals surface area contributed by atoms with Crippen LogP contribution in [-0.2, 0) is 13.2 Å². The molecule has 1 N–H and O–H groups in total. The molecule has 0 unspecified atom stereocenters. The molecule has 0 heterocycles. The first-order valence-corrected chi connectivity index (χ1v) is 12.5. The average molecular weight is 480 g/mol. The number of ketones is 1. The monoisotopic (exact) mass is 479 g/mol. The number of Topliss-reactive ketones (excluding diaryl/α,β-unsaturated/α-hetero) is 1.